The monoisotopic (exact) mass is 338 g/mol. The highest BCUT2D eigenvalue weighted by atomic mass is 32.2. The largest absolute Gasteiger partial charge is 0.478 e. The van der Waals surface area contributed by atoms with Crippen molar-refractivity contribution >= 4 is 17.0 Å². The number of rotatable bonds is 5. The molecule has 0 bridgehead atoms. The Hall–Kier alpha value is -2.19. The van der Waals surface area contributed by atoms with Crippen LogP contribution in [0.25, 0.3) is 11.3 Å². The Bertz CT molecular complexity index is 763. The first-order valence-corrected chi connectivity index (χ1v) is 8.04. The van der Waals surface area contributed by atoms with Gasteiger partial charge >= 0.3 is 5.97 Å². The zero-order chi connectivity index (χ0) is 17.1. The molecule has 0 saturated heterocycles. The molecule has 0 saturated carbocycles. The van der Waals surface area contributed by atoms with Crippen molar-refractivity contribution in [3.63, 3.8) is 0 Å². The molecule has 1 unspecified atom stereocenters. The Morgan fingerprint density at radius 2 is 1.87 bits per heavy atom. The SMILES string of the molecule is CC(C)c1nc(CS(=O)O)nc(-c2ccc(F)cc2)c1C(=O)O. The van der Waals surface area contributed by atoms with Gasteiger partial charge in [0.25, 0.3) is 0 Å². The fraction of sp³-hybridized carbons (Fsp3) is 0.267. The lowest BCUT2D eigenvalue weighted by Gasteiger charge is -2.14. The van der Waals surface area contributed by atoms with Gasteiger partial charge in [0.2, 0.25) is 0 Å². The van der Waals surface area contributed by atoms with E-state index in [0.29, 0.717) is 5.56 Å². The summed E-state index contributed by atoms with van der Waals surface area (Å²) in [4.78, 5) is 19.9. The molecule has 2 aromatic rings. The molecule has 23 heavy (non-hydrogen) atoms. The Morgan fingerprint density at radius 3 is 2.35 bits per heavy atom. The number of aromatic carboxylic acids is 1. The predicted octanol–water partition coefficient (Wildman–Crippen LogP) is 2.83. The average molecular weight is 338 g/mol. The summed E-state index contributed by atoms with van der Waals surface area (Å²) in [5.74, 6) is -2.13. The van der Waals surface area contributed by atoms with Crippen molar-refractivity contribution in [3.05, 3.63) is 47.2 Å². The Kier molecular flexibility index (Phi) is 5.17. The van der Waals surface area contributed by atoms with E-state index in [1.54, 1.807) is 13.8 Å². The maximum Gasteiger partial charge on any atom is 0.339 e. The Balaban J connectivity index is 2.74. The molecule has 1 atom stereocenters. The molecular formula is C15H15FN2O4S. The number of halogens is 1. The molecule has 0 aliphatic rings. The molecule has 0 fully saturated rings. The van der Waals surface area contributed by atoms with E-state index in [1.165, 1.54) is 24.3 Å². The summed E-state index contributed by atoms with van der Waals surface area (Å²) in [7, 11) is 0. The second kappa shape index (κ2) is 6.93. The van der Waals surface area contributed by atoms with E-state index >= 15 is 0 Å². The van der Waals surface area contributed by atoms with Crippen LogP contribution in [-0.2, 0) is 16.8 Å². The normalized spacial score (nSPS) is 12.4. The van der Waals surface area contributed by atoms with Crippen molar-refractivity contribution < 1.29 is 23.1 Å². The van der Waals surface area contributed by atoms with Crippen LogP contribution in [0.1, 0.15) is 41.6 Å². The molecule has 122 valence electrons. The van der Waals surface area contributed by atoms with E-state index in [1.807, 2.05) is 0 Å². The molecule has 2 rings (SSSR count). The third-order valence-corrected chi connectivity index (χ3v) is 3.62. The number of hydrogen-bond acceptors (Lipinski definition) is 4. The average Bonchev–Trinajstić information content (AvgIpc) is 2.46. The maximum atomic E-state index is 13.1. The van der Waals surface area contributed by atoms with Crippen LogP contribution in [0.2, 0.25) is 0 Å². The molecule has 0 aliphatic carbocycles. The first-order valence-electron chi connectivity index (χ1n) is 6.77. The second-order valence-corrected chi connectivity index (χ2v) is 6.11. The quantitative estimate of drug-likeness (QED) is 0.813. The highest BCUT2D eigenvalue weighted by Crippen LogP contribution is 2.28. The smallest absolute Gasteiger partial charge is 0.339 e. The summed E-state index contributed by atoms with van der Waals surface area (Å²) < 4.78 is 33.2. The lowest BCUT2D eigenvalue weighted by atomic mass is 9.98. The van der Waals surface area contributed by atoms with Crippen molar-refractivity contribution in [2.24, 2.45) is 0 Å². The zero-order valence-electron chi connectivity index (χ0n) is 12.5. The predicted molar refractivity (Wildman–Crippen MR) is 82.9 cm³/mol. The molecule has 0 radical (unpaired) electrons. The van der Waals surface area contributed by atoms with E-state index in [-0.39, 0.29) is 34.4 Å². The van der Waals surface area contributed by atoms with E-state index in [0.717, 1.165) is 0 Å². The Morgan fingerprint density at radius 1 is 1.26 bits per heavy atom. The van der Waals surface area contributed by atoms with Crippen LogP contribution in [0.15, 0.2) is 24.3 Å². The summed E-state index contributed by atoms with van der Waals surface area (Å²) in [6.45, 7) is 3.53. The minimum atomic E-state index is -2.16. The fourth-order valence-electron chi connectivity index (χ4n) is 2.15. The standard InChI is InChI=1S/C15H15FN2O4S/c1-8(2)13-12(15(19)20)14(9-3-5-10(16)6-4-9)18-11(17-13)7-23(21)22/h3-6,8H,7H2,1-2H3,(H,19,20)(H,21,22). The van der Waals surface area contributed by atoms with Crippen molar-refractivity contribution in [3.8, 4) is 11.3 Å². The lowest BCUT2D eigenvalue weighted by molar-refractivity contribution is 0.0695. The summed E-state index contributed by atoms with van der Waals surface area (Å²) in [5, 5.41) is 9.52. The highest BCUT2D eigenvalue weighted by molar-refractivity contribution is 7.78. The molecule has 1 aromatic heterocycles. The van der Waals surface area contributed by atoms with Crippen LogP contribution < -0.4 is 0 Å². The Labute approximate surface area is 134 Å². The van der Waals surface area contributed by atoms with Crippen LogP contribution in [-0.4, -0.2) is 29.8 Å². The number of carboxylic acids is 1. The van der Waals surface area contributed by atoms with Gasteiger partial charge in [0.1, 0.15) is 23.0 Å². The minimum absolute atomic E-state index is 0.0684. The highest BCUT2D eigenvalue weighted by Gasteiger charge is 2.23. The van der Waals surface area contributed by atoms with Crippen molar-refractivity contribution in [1.29, 1.82) is 0 Å². The van der Waals surface area contributed by atoms with Gasteiger partial charge in [0.05, 0.1) is 11.4 Å². The van der Waals surface area contributed by atoms with Gasteiger partial charge < -0.3 is 9.66 Å². The lowest BCUT2D eigenvalue weighted by Crippen LogP contribution is -2.14. The molecule has 0 aliphatic heterocycles. The molecular weight excluding hydrogens is 323 g/mol. The second-order valence-electron chi connectivity index (χ2n) is 5.18. The maximum absolute atomic E-state index is 13.1. The summed E-state index contributed by atoms with van der Waals surface area (Å²) in [6, 6.07) is 5.21. The molecule has 0 spiro atoms. The van der Waals surface area contributed by atoms with Gasteiger partial charge in [0.15, 0.2) is 11.1 Å². The fourth-order valence-corrected chi connectivity index (χ4v) is 2.50. The van der Waals surface area contributed by atoms with Crippen LogP contribution in [0.5, 0.6) is 0 Å². The molecule has 2 N–H and O–H groups in total. The van der Waals surface area contributed by atoms with Gasteiger partial charge in [-0.05, 0) is 30.2 Å². The van der Waals surface area contributed by atoms with Gasteiger partial charge in [-0.15, -0.1) is 0 Å². The number of hydrogen-bond donors (Lipinski definition) is 2. The number of aromatic nitrogens is 2. The number of nitrogens with zero attached hydrogens (tertiary/aromatic N) is 2. The van der Waals surface area contributed by atoms with Gasteiger partial charge in [-0.25, -0.2) is 23.4 Å². The number of benzene rings is 1. The molecule has 0 amide bonds. The van der Waals surface area contributed by atoms with Crippen LogP contribution in [0.3, 0.4) is 0 Å². The van der Waals surface area contributed by atoms with E-state index in [2.05, 4.69) is 9.97 Å². The van der Waals surface area contributed by atoms with Crippen LogP contribution in [0, 0.1) is 5.82 Å². The number of carboxylic acid groups (broad SMARTS) is 1. The van der Waals surface area contributed by atoms with Gasteiger partial charge in [0, 0.05) is 5.56 Å². The third-order valence-electron chi connectivity index (χ3n) is 3.11. The van der Waals surface area contributed by atoms with Crippen molar-refractivity contribution in [2.45, 2.75) is 25.5 Å². The first kappa shape index (κ1) is 17.2. The molecule has 8 heteroatoms. The van der Waals surface area contributed by atoms with Crippen molar-refractivity contribution in [1.82, 2.24) is 9.97 Å². The zero-order valence-corrected chi connectivity index (χ0v) is 13.3. The summed E-state index contributed by atoms with van der Waals surface area (Å²) >= 11 is -2.16. The van der Waals surface area contributed by atoms with E-state index in [4.69, 9.17) is 4.55 Å². The van der Waals surface area contributed by atoms with Gasteiger partial charge in [-0.3, -0.25) is 0 Å². The van der Waals surface area contributed by atoms with Crippen LogP contribution >= 0.6 is 0 Å². The molecule has 1 aromatic carbocycles. The number of carbonyl (C=O) groups is 1. The van der Waals surface area contributed by atoms with E-state index in [9.17, 15) is 18.5 Å². The van der Waals surface area contributed by atoms with Crippen molar-refractivity contribution in [2.75, 3.05) is 0 Å². The van der Waals surface area contributed by atoms with Gasteiger partial charge in [-0.1, -0.05) is 13.8 Å². The third kappa shape index (κ3) is 3.96. The molecule has 1 heterocycles. The summed E-state index contributed by atoms with van der Waals surface area (Å²) in [5.41, 5.74) is 0.695. The molecule has 6 nitrogen and oxygen atoms in total. The van der Waals surface area contributed by atoms with Crippen LogP contribution in [0.4, 0.5) is 4.39 Å². The first-order chi connectivity index (χ1) is 10.8. The topological polar surface area (TPSA) is 100 Å². The minimum Gasteiger partial charge on any atom is -0.478 e. The summed E-state index contributed by atoms with van der Waals surface area (Å²) in [6.07, 6.45) is 0. The van der Waals surface area contributed by atoms with Gasteiger partial charge in [-0.2, -0.15) is 0 Å². The van der Waals surface area contributed by atoms with E-state index < -0.39 is 22.9 Å².